The number of aliphatic carboxylic acids is 1. The van der Waals surface area contributed by atoms with Gasteiger partial charge in [-0.2, -0.15) is 0 Å². The van der Waals surface area contributed by atoms with Crippen LogP contribution in [0.15, 0.2) is 0 Å². The summed E-state index contributed by atoms with van der Waals surface area (Å²) in [5.74, 6) is -1.91. The van der Waals surface area contributed by atoms with E-state index in [1.54, 1.807) is 6.92 Å². The molecule has 2 atom stereocenters. The van der Waals surface area contributed by atoms with Gasteiger partial charge in [-0.05, 0) is 13.3 Å². The Balaban J connectivity index is 2.51. The van der Waals surface area contributed by atoms with Gasteiger partial charge in [-0.3, -0.25) is 9.59 Å². The van der Waals surface area contributed by atoms with Crippen LogP contribution in [0.5, 0.6) is 0 Å². The maximum absolute atomic E-state index is 11.1. The molecule has 1 saturated carbocycles. The van der Waals surface area contributed by atoms with E-state index in [4.69, 9.17) is 10.8 Å². The first kappa shape index (κ1) is 8.99. The van der Waals surface area contributed by atoms with E-state index in [1.165, 1.54) is 0 Å². The third-order valence-corrected chi connectivity index (χ3v) is 2.07. The van der Waals surface area contributed by atoms with Crippen LogP contribution in [0.1, 0.15) is 13.3 Å². The predicted molar refractivity (Wildman–Crippen MR) is 41.3 cm³/mol. The minimum atomic E-state index is -1.31. The molecule has 1 rings (SSSR count). The molecule has 0 aliphatic heterocycles. The van der Waals surface area contributed by atoms with Crippen molar-refractivity contribution in [2.75, 3.05) is 6.54 Å². The van der Waals surface area contributed by atoms with E-state index in [2.05, 4.69) is 5.32 Å². The van der Waals surface area contributed by atoms with Crippen LogP contribution in [0.2, 0.25) is 0 Å². The highest BCUT2D eigenvalue weighted by atomic mass is 16.4. The number of carboxylic acid groups (broad SMARTS) is 1. The molecule has 1 aliphatic carbocycles. The number of nitrogens with two attached hydrogens (primary N) is 1. The molecule has 12 heavy (non-hydrogen) atoms. The van der Waals surface area contributed by atoms with Gasteiger partial charge in [0.05, 0.1) is 5.92 Å². The molecular weight excluding hydrogens is 160 g/mol. The fourth-order valence-electron chi connectivity index (χ4n) is 1.14. The Labute approximate surface area is 69.9 Å². The Morgan fingerprint density at radius 2 is 2.33 bits per heavy atom. The van der Waals surface area contributed by atoms with E-state index in [1.807, 2.05) is 0 Å². The van der Waals surface area contributed by atoms with E-state index < -0.39 is 17.4 Å². The van der Waals surface area contributed by atoms with Crippen molar-refractivity contribution in [3.05, 3.63) is 0 Å². The predicted octanol–water partition coefficient (Wildman–Crippen LogP) is -1.08. The summed E-state index contributed by atoms with van der Waals surface area (Å²) in [6.07, 6.45) is 0.244. The summed E-state index contributed by atoms with van der Waals surface area (Å²) >= 11 is 0. The molecule has 0 heterocycles. The monoisotopic (exact) mass is 172 g/mol. The van der Waals surface area contributed by atoms with Crippen molar-refractivity contribution in [3.63, 3.8) is 0 Å². The standard InChI is InChI=1S/C7H12N2O3/c1-2-9-5(10)4-3-7(4,8)6(11)12/h4H,2-3,8H2,1H3,(H,9,10)(H,11,12). The molecule has 1 fully saturated rings. The van der Waals surface area contributed by atoms with Crippen molar-refractivity contribution in [1.29, 1.82) is 0 Å². The molecule has 0 spiro atoms. The lowest BCUT2D eigenvalue weighted by Crippen LogP contribution is -2.39. The number of nitrogens with one attached hydrogen (secondary N) is 1. The van der Waals surface area contributed by atoms with Gasteiger partial charge in [-0.25, -0.2) is 0 Å². The van der Waals surface area contributed by atoms with Crippen LogP contribution in [0.4, 0.5) is 0 Å². The van der Waals surface area contributed by atoms with Crippen molar-refractivity contribution in [1.82, 2.24) is 5.32 Å². The second-order valence-corrected chi connectivity index (χ2v) is 3.00. The van der Waals surface area contributed by atoms with Gasteiger partial charge < -0.3 is 16.2 Å². The fourth-order valence-corrected chi connectivity index (χ4v) is 1.14. The lowest BCUT2D eigenvalue weighted by atomic mass is 10.2. The van der Waals surface area contributed by atoms with E-state index >= 15 is 0 Å². The summed E-state index contributed by atoms with van der Waals surface area (Å²) in [7, 11) is 0. The lowest BCUT2D eigenvalue weighted by molar-refractivity contribution is -0.141. The Kier molecular flexibility index (Phi) is 2.06. The van der Waals surface area contributed by atoms with Gasteiger partial charge in [-0.15, -0.1) is 0 Å². The van der Waals surface area contributed by atoms with Gasteiger partial charge >= 0.3 is 5.97 Å². The van der Waals surface area contributed by atoms with Crippen molar-refractivity contribution in [3.8, 4) is 0 Å². The molecule has 5 nitrogen and oxygen atoms in total. The number of hydrogen-bond acceptors (Lipinski definition) is 3. The Bertz CT molecular complexity index is 229. The lowest BCUT2D eigenvalue weighted by Gasteiger charge is -2.04. The van der Waals surface area contributed by atoms with Crippen molar-refractivity contribution in [2.45, 2.75) is 18.9 Å². The number of carbonyl (C=O) groups excluding carboxylic acids is 1. The second kappa shape index (κ2) is 2.75. The van der Waals surface area contributed by atoms with Crippen LogP contribution in [0, 0.1) is 5.92 Å². The molecule has 0 bridgehead atoms. The van der Waals surface area contributed by atoms with Crippen molar-refractivity contribution in [2.24, 2.45) is 11.7 Å². The molecule has 0 saturated heterocycles. The van der Waals surface area contributed by atoms with Gasteiger partial charge in [0.2, 0.25) is 5.91 Å². The van der Waals surface area contributed by atoms with Gasteiger partial charge in [0, 0.05) is 6.54 Å². The topological polar surface area (TPSA) is 92.4 Å². The summed E-state index contributed by atoms with van der Waals surface area (Å²) in [6, 6.07) is 0. The third kappa shape index (κ3) is 1.27. The van der Waals surface area contributed by atoms with Gasteiger partial charge in [-0.1, -0.05) is 0 Å². The Hall–Kier alpha value is -1.10. The minimum absolute atomic E-state index is 0.244. The quantitative estimate of drug-likeness (QED) is 0.505. The zero-order valence-corrected chi connectivity index (χ0v) is 6.83. The maximum atomic E-state index is 11.1. The molecular formula is C7H12N2O3. The number of amides is 1. The normalized spacial score (nSPS) is 32.7. The highest BCUT2D eigenvalue weighted by Gasteiger charge is 2.61. The van der Waals surface area contributed by atoms with Crippen LogP contribution >= 0.6 is 0 Å². The first-order valence-corrected chi connectivity index (χ1v) is 3.82. The second-order valence-electron chi connectivity index (χ2n) is 3.00. The zero-order valence-electron chi connectivity index (χ0n) is 6.83. The Morgan fingerprint density at radius 3 is 2.67 bits per heavy atom. The average Bonchev–Trinajstić information content (AvgIpc) is 2.65. The van der Waals surface area contributed by atoms with Crippen LogP contribution in [0.25, 0.3) is 0 Å². The summed E-state index contributed by atoms with van der Waals surface area (Å²) < 4.78 is 0. The molecule has 4 N–H and O–H groups in total. The maximum Gasteiger partial charge on any atom is 0.324 e. The van der Waals surface area contributed by atoms with Gasteiger partial charge in [0.15, 0.2) is 0 Å². The largest absolute Gasteiger partial charge is 0.480 e. The fraction of sp³-hybridized carbons (Fsp3) is 0.714. The molecule has 0 radical (unpaired) electrons. The molecule has 1 aliphatic rings. The first-order valence-electron chi connectivity index (χ1n) is 3.82. The number of carboxylic acids is 1. The molecule has 68 valence electrons. The summed E-state index contributed by atoms with van der Waals surface area (Å²) in [5.41, 5.74) is 4.10. The van der Waals surface area contributed by atoms with Gasteiger partial charge in [0.1, 0.15) is 5.54 Å². The molecule has 5 heteroatoms. The van der Waals surface area contributed by atoms with Crippen LogP contribution in [-0.2, 0) is 9.59 Å². The van der Waals surface area contributed by atoms with Gasteiger partial charge in [0.25, 0.3) is 0 Å². The van der Waals surface area contributed by atoms with E-state index in [9.17, 15) is 9.59 Å². The number of rotatable bonds is 3. The molecule has 2 unspecified atom stereocenters. The average molecular weight is 172 g/mol. The third-order valence-electron chi connectivity index (χ3n) is 2.07. The van der Waals surface area contributed by atoms with Crippen molar-refractivity contribution >= 4 is 11.9 Å². The highest BCUT2D eigenvalue weighted by molar-refractivity contribution is 5.95. The van der Waals surface area contributed by atoms with Crippen molar-refractivity contribution < 1.29 is 14.7 Å². The van der Waals surface area contributed by atoms with E-state index in [0.717, 1.165) is 0 Å². The van der Waals surface area contributed by atoms with Crippen LogP contribution in [0.3, 0.4) is 0 Å². The summed E-state index contributed by atoms with van der Waals surface area (Å²) in [5, 5.41) is 11.1. The Morgan fingerprint density at radius 1 is 1.75 bits per heavy atom. The van der Waals surface area contributed by atoms with E-state index in [0.29, 0.717) is 6.54 Å². The van der Waals surface area contributed by atoms with E-state index in [-0.39, 0.29) is 12.3 Å². The number of hydrogen-bond donors (Lipinski definition) is 3. The zero-order chi connectivity index (χ0) is 9.35. The highest BCUT2D eigenvalue weighted by Crippen LogP contribution is 2.41. The summed E-state index contributed by atoms with van der Waals surface area (Å²) in [6.45, 7) is 2.28. The smallest absolute Gasteiger partial charge is 0.324 e. The molecule has 1 amide bonds. The summed E-state index contributed by atoms with van der Waals surface area (Å²) in [4.78, 5) is 21.6. The SMILES string of the molecule is CCNC(=O)C1CC1(N)C(=O)O. The molecule has 0 aromatic heterocycles. The van der Waals surface area contributed by atoms with Crippen LogP contribution < -0.4 is 11.1 Å². The molecule has 0 aromatic rings. The first-order chi connectivity index (χ1) is 5.52. The number of carbonyl (C=O) groups is 2. The van der Waals surface area contributed by atoms with Crippen LogP contribution in [-0.4, -0.2) is 29.1 Å². The minimum Gasteiger partial charge on any atom is -0.480 e. The molecule has 0 aromatic carbocycles.